The maximum absolute atomic E-state index is 11.3. The lowest BCUT2D eigenvalue weighted by Gasteiger charge is -2.39. The molecule has 0 aliphatic rings. The van der Waals surface area contributed by atoms with Gasteiger partial charge in [0.25, 0.3) is 0 Å². The van der Waals surface area contributed by atoms with Crippen LogP contribution in [0.25, 0.3) is 0 Å². The molecular formula is C12H24O4. The first-order valence-corrected chi connectivity index (χ1v) is 4.89. The van der Waals surface area contributed by atoms with E-state index in [0.29, 0.717) is 0 Å². The number of rotatable bonds is 5. The van der Waals surface area contributed by atoms with E-state index in [9.17, 15) is 9.59 Å². The number of hydrogen-bond donors (Lipinski definition) is 0. The van der Waals surface area contributed by atoms with Gasteiger partial charge in [0, 0.05) is 7.11 Å². The average Bonchev–Trinajstić information content (AvgIpc) is 2.00. The summed E-state index contributed by atoms with van der Waals surface area (Å²) in [7, 11) is 1.56. The van der Waals surface area contributed by atoms with E-state index in [2.05, 4.69) is 0 Å². The second-order valence-corrected chi connectivity index (χ2v) is 4.58. The highest BCUT2D eigenvalue weighted by atomic mass is 16.6. The highest BCUT2D eigenvalue weighted by Crippen LogP contribution is 2.28. The van der Waals surface area contributed by atoms with Gasteiger partial charge in [0.2, 0.25) is 0 Å². The van der Waals surface area contributed by atoms with Gasteiger partial charge in [-0.15, -0.1) is 0 Å². The number of esters is 1. The minimum Gasteiger partial charge on any atom is -0.456 e. The van der Waals surface area contributed by atoms with Crippen LogP contribution >= 0.6 is 0 Å². The largest absolute Gasteiger partial charge is 0.456 e. The fourth-order valence-corrected chi connectivity index (χ4v) is 0.893. The summed E-state index contributed by atoms with van der Waals surface area (Å²) < 4.78 is 10.5. The molecule has 4 nitrogen and oxygen atoms in total. The van der Waals surface area contributed by atoms with Crippen LogP contribution in [0.4, 0.5) is 0 Å². The van der Waals surface area contributed by atoms with Crippen LogP contribution in [0.2, 0.25) is 0 Å². The number of hydrogen-bond acceptors (Lipinski definition) is 4. The Morgan fingerprint density at radius 2 is 1.50 bits per heavy atom. The van der Waals surface area contributed by atoms with Crippen molar-refractivity contribution >= 4 is 11.8 Å². The zero-order chi connectivity index (χ0) is 12.3. The SMILES string of the molecule is C.COC(C)(C)C(C)(C)OC(=O)CC(C)=O. The molecule has 0 aromatic carbocycles. The fourth-order valence-electron chi connectivity index (χ4n) is 0.893. The molecule has 0 aromatic heterocycles. The van der Waals surface area contributed by atoms with Crippen molar-refractivity contribution in [2.45, 2.75) is 59.7 Å². The molecule has 0 aliphatic carbocycles. The van der Waals surface area contributed by atoms with E-state index in [4.69, 9.17) is 9.47 Å². The van der Waals surface area contributed by atoms with Crippen LogP contribution in [0, 0.1) is 0 Å². The van der Waals surface area contributed by atoms with Crippen molar-refractivity contribution in [1.82, 2.24) is 0 Å². The van der Waals surface area contributed by atoms with Crippen molar-refractivity contribution < 1.29 is 19.1 Å². The zero-order valence-electron chi connectivity index (χ0n) is 10.3. The van der Waals surface area contributed by atoms with Crippen molar-refractivity contribution in [2.24, 2.45) is 0 Å². The molecular weight excluding hydrogens is 208 g/mol. The summed E-state index contributed by atoms with van der Waals surface area (Å²) in [5.74, 6) is -0.719. The summed E-state index contributed by atoms with van der Waals surface area (Å²) in [6.45, 7) is 8.53. The molecule has 0 radical (unpaired) electrons. The molecule has 0 saturated carbocycles. The van der Waals surface area contributed by atoms with Crippen LogP contribution in [0.5, 0.6) is 0 Å². The molecule has 0 saturated heterocycles. The Bertz CT molecular complexity index is 254. The third-order valence-electron chi connectivity index (χ3n) is 2.72. The highest BCUT2D eigenvalue weighted by molar-refractivity contribution is 5.94. The zero-order valence-corrected chi connectivity index (χ0v) is 10.3. The summed E-state index contributed by atoms with van der Waals surface area (Å²) >= 11 is 0. The van der Waals surface area contributed by atoms with Crippen LogP contribution < -0.4 is 0 Å². The minimum absolute atomic E-state index is 0. The predicted octanol–water partition coefficient (Wildman–Crippen LogP) is 2.35. The minimum atomic E-state index is -0.770. The Morgan fingerprint density at radius 3 is 1.81 bits per heavy atom. The highest BCUT2D eigenvalue weighted by Gasteiger charge is 2.40. The third-order valence-corrected chi connectivity index (χ3v) is 2.72. The second-order valence-electron chi connectivity index (χ2n) is 4.58. The molecule has 0 bridgehead atoms. The summed E-state index contributed by atoms with van der Waals surface area (Å²) in [6.07, 6.45) is -0.191. The molecule has 0 heterocycles. The Labute approximate surface area is 98.3 Å². The number of carbonyl (C=O) groups excluding carboxylic acids is 2. The van der Waals surface area contributed by atoms with Gasteiger partial charge in [0.05, 0.1) is 0 Å². The van der Waals surface area contributed by atoms with Gasteiger partial charge >= 0.3 is 5.97 Å². The van der Waals surface area contributed by atoms with Crippen LogP contribution in [-0.2, 0) is 19.1 Å². The van der Waals surface area contributed by atoms with Gasteiger partial charge in [-0.1, -0.05) is 7.43 Å². The summed E-state index contributed by atoms with van der Waals surface area (Å²) in [5, 5.41) is 0. The lowest BCUT2D eigenvalue weighted by molar-refractivity contribution is -0.186. The molecule has 4 heteroatoms. The molecule has 96 valence electrons. The maximum atomic E-state index is 11.3. The van der Waals surface area contributed by atoms with Gasteiger partial charge < -0.3 is 9.47 Å². The van der Waals surface area contributed by atoms with Gasteiger partial charge in [-0.3, -0.25) is 9.59 Å². The van der Waals surface area contributed by atoms with Crippen LogP contribution in [0.3, 0.4) is 0 Å². The van der Waals surface area contributed by atoms with E-state index in [-0.39, 0.29) is 19.6 Å². The lowest BCUT2D eigenvalue weighted by atomic mass is 9.89. The van der Waals surface area contributed by atoms with Crippen molar-refractivity contribution in [2.75, 3.05) is 7.11 Å². The lowest BCUT2D eigenvalue weighted by Crippen LogP contribution is -2.50. The summed E-state index contributed by atoms with van der Waals surface area (Å²) in [4.78, 5) is 22.1. The van der Waals surface area contributed by atoms with Gasteiger partial charge in [0.1, 0.15) is 23.4 Å². The second kappa shape index (κ2) is 5.99. The quantitative estimate of drug-likeness (QED) is 0.539. The van der Waals surface area contributed by atoms with Crippen LogP contribution in [-0.4, -0.2) is 30.1 Å². The van der Waals surface area contributed by atoms with E-state index in [1.165, 1.54) is 6.92 Å². The van der Waals surface area contributed by atoms with E-state index in [1.807, 2.05) is 13.8 Å². The van der Waals surface area contributed by atoms with Crippen LogP contribution in [0.1, 0.15) is 48.5 Å². The van der Waals surface area contributed by atoms with E-state index < -0.39 is 17.2 Å². The normalized spacial score (nSPS) is 11.6. The van der Waals surface area contributed by atoms with Gasteiger partial charge in [-0.2, -0.15) is 0 Å². The smallest absolute Gasteiger partial charge is 0.313 e. The van der Waals surface area contributed by atoms with Crippen molar-refractivity contribution in [3.63, 3.8) is 0 Å². The monoisotopic (exact) mass is 232 g/mol. The van der Waals surface area contributed by atoms with Crippen molar-refractivity contribution in [1.29, 1.82) is 0 Å². The first kappa shape index (κ1) is 17.5. The molecule has 0 aliphatic heterocycles. The van der Waals surface area contributed by atoms with E-state index in [1.54, 1.807) is 21.0 Å². The standard InChI is InChI=1S/C11H20O4.CH4/c1-8(12)7-9(13)15-11(4,5)10(2,3)14-6;/h7H2,1-6H3;1H4. The molecule has 0 aromatic rings. The third kappa shape index (κ3) is 4.75. The molecule has 0 N–H and O–H groups in total. The van der Waals surface area contributed by atoms with Crippen molar-refractivity contribution in [3.05, 3.63) is 0 Å². The number of Topliss-reactive ketones (excluding diaryl/α,β-unsaturated/α-hetero) is 1. The maximum Gasteiger partial charge on any atom is 0.313 e. The molecule has 0 spiro atoms. The fraction of sp³-hybridized carbons (Fsp3) is 0.833. The van der Waals surface area contributed by atoms with Gasteiger partial charge in [0.15, 0.2) is 0 Å². The number of ether oxygens (including phenoxy) is 2. The Morgan fingerprint density at radius 1 is 1.06 bits per heavy atom. The van der Waals surface area contributed by atoms with Crippen molar-refractivity contribution in [3.8, 4) is 0 Å². The Hall–Kier alpha value is -0.900. The molecule has 16 heavy (non-hydrogen) atoms. The molecule has 0 fully saturated rings. The van der Waals surface area contributed by atoms with E-state index in [0.717, 1.165) is 0 Å². The number of methoxy groups -OCH3 is 1. The summed E-state index contributed by atoms with van der Waals surface area (Å²) in [5.41, 5.74) is -1.37. The molecule has 0 amide bonds. The summed E-state index contributed by atoms with van der Waals surface area (Å²) in [6, 6.07) is 0. The predicted molar refractivity (Wildman–Crippen MR) is 63.3 cm³/mol. The Kier molecular flexibility index (Phi) is 6.55. The Balaban J connectivity index is 0. The molecule has 0 unspecified atom stereocenters. The molecule has 0 rings (SSSR count). The first-order chi connectivity index (χ1) is 6.62. The first-order valence-electron chi connectivity index (χ1n) is 4.89. The molecule has 0 atom stereocenters. The van der Waals surface area contributed by atoms with E-state index >= 15 is 0 Å². The number of ketones is 1. The average molecular weight is 232 g/mol. The van der Waals surface area contributed by atoms with Gasteiger partial charge in [-0.25, -0.2) is 0 Å². The number of carbonyl (C=O) groups is 2. The topological polar surface area (TPSA) is 52.6 Å². The van der Waals surface area contributed by atoms with Crippen LogP contribution in [0.15, 0.2) is 0 Å². The van der Waals surface area contributed by atoms with Gasteiger partial charge in [-0.05, 0) is 34.6 Å².